The Labute approximate surface area is 194 Å². The second-order valence-corrected chi connectivity index (χ2v) is 16.5. The highest BCUT2D eigenvalue weighted by Crippen LogP contribution is 2.37. The molecule has 0 bridgehead atoms. The number of carbonyl (C=O) groups excluding carboxylic acids is 1. The van der Waals surface area contributed by atoms with Crippen LogP contribution in [0.25, 0.3) is 11.0 Å². The number of alkyl carbamates (subject to hydrolysis) is 1. The maximum Gasteiger partial charge on any atom is 0.407 e. The third-order valence-corrected chi connectivity index (χ3v) is 8.06. The predicted octanol–water partition coefficient (Wildman–Crippen LogP) is 5.72. The number of halogens is 1. The number of rotatable bonds is 8. The van der Waals surface area contributed by atoms with Crippen molar-refractivity contribution in [2.75, 3.05) is 6.61 Å². The first-order valence-electron chi connectivity index (χ1n) is 10.8. The molecule has 30 heavy (non-hydrogen) atoms. The molecule has 2 atom stereocenters. The standard InChI is InChI=1S/C22H34IN3O3Si/c1-15(2)25-22(27)29-19-7-6-16(11-19)18-10-17-12-20(23)26(21(17)24-13-18)14-28-8-9-30(3,4)5/h10,12-13,15-16,19H,6-9,11,14H2,1-5H3,(H,25,27)/t16-,19+/m0/s1. The van der Waals surface area contributed by atoms with Gasteiger partial charge in [0.1, 0.15) is 18.5 Å². The Morgan fingerprint density at radius 1 is 1.33 bits per heavy atom. The van der Waals surface area contributed by atoms with Gasteiger partial charge in [-0.15, -0.1) is 0 Å². The summed E-state index contributed by atoms with van der Waals surface area (Å²) in [6.45, 7) is 12.3. The summed E-state index contributed by atoms with van der Waals surface area (Å²) in [4.78, 5) is 16.6. The largest absolute Gasteiger partial charge is 0.446 e. The molecule has 6 nitrogen and oxygen atoms in total. The fourth-order valence-corrected chi connectivity index (χ4v) is 5.24. The molecule has 8 heteroatoms. The van der Waals surface area contributed by atoms with E-state index in [0.29, 0.717) is 12.6 Å². The zero-order valence-corrected chi connectivity index (χ0v) is 21.9. The zero-order chi connectivity index (χ0) is 21.9. The Bertz CT molecular complexity index is 878. The first kappa shape index (κ1) is 23.5. The van der Waals surface area contributed by atoms with Gasteiger partial charge in [-0.05, 0) is 85.4 Å². The van der Waals surface area contributed by atoms with Gasteiger partial charge in [0.2, 0.25) is 0 Å². The number of hydrogen-bond acceptors (Lipinski definition) is 4. The molecule has 1 fully saturated rings. The van der Waals surface area contributed by atoms with Gasteiger partial charge in [-0.25, -0.2) is 9.78 Å². The van der Waals surface area contributed by atoms with Crippen LogP contribution >= 0.6 is 22.6 Å². The van der Waals surface area contributed by atoms with Crippen LogP contribution in [0.15, 0.2) is 18.3 Å². The van der Waals surface area contributed by atoms with E-state index in [2.05, 4.69) is 64.2 Å². The van der Waals surface area contributed by atoms with Gasteiger partial charge >= 0.3 is 6.09 Å². The van der Waals surface area contributed by atoms with Gasteiger partial charge in [0.25, 0.3) is 0 Å². The molecule has 1 amide bonds. The van der Waals surface area contributed by atoms with Gasteiger partial charge in [-0.1, -0.05) is 19.6 Å². The van der Waals surface area contributed by atoms with Crippen molar-refractivity contribution in [1.82, 2.24) is 14.9 Å². The highest BCUT2D eigenvalue weighted by atomic mass is 127. The molecule has 0 unspecified atom stereocenters. The molecule has 2 aromatic rings. The number of fused-ring (bicyclic) bond motifs is 1. The molecule has 2 heterocycles. The molecule has 2 aromatic heterocycles. The van der Waals surface area contributed by atoms with E-state index in [1.165, 1.54) is 11.6 Å². The van der Waals surface area contributed by atoms with Crippen molar-refractivity contribution in [3.63, 3.8) is 0 Å². The maximum absolute atomic E-state index is 11.9. The minimum absolute atomic E-state index is 0.0195. The Morgan fingerprint density at radius 2 is 2.10 bits per heavy atom. The Balaban J connectivity index is 1.62. The highest BCUT2D eigenvalue weighted by Gasteiger charge is 2.29. The summed E-state index contributed by atoms with van der Waals surface area (Å²) < 4.78 is 14.8. The van der Waals surface area contributed by atoms with Crippen LogP contribution in [0, 0.1) is 3.70 Å². The number of hydrogen-bond donors (Lipinski definition) is 1. The fourth-order valence-electron chi connectivity index (χ4n) is 3.78. The maximum atomic E-state index is 11.9. The van der Waals surface area contributed by atoms with E-state index in [-0.39, 0.29) is 18.2 Å². The molecular formula is C22H34IN3O3Si. The average molecular weight is 544 g/mol. The minimum atomic E-state index is -1.08. The summed E-state index contributed by atoms with van der Waals surface area (Å²) in [6, 6.07) is 5.67. The van der Waals surface area contributed by atoms with Crippen molar-refractivity contribution >= 4 is 47.8 Å². The van der Waals surface area contributed by atoms with E-state index in [4.69, 9.17) is 14.5 Å². The lowest BCUT2D eigenvalue weighted by molar-refractivity contribution is 0.0883. The van der Waals surface area contributed by atoms with Crippen molar-refractivity contribution in [3.8, 4) is 0 Å². The molecule has 0 radical (unpaired) electrons. The molecule has 1 aliphatic rings. The Kier molecular flexibility index (Phi) is 7.84. The second-order valence-electron chi connectivity index (χ2n) is 9.76. The minimum Gasteiger partial charge on any atom is -0.446 e. The number of pyridine rings is 1. The van der Waals surface area contributed by atoms with E-state index in [0.717, 1.165) is 40.6 Å². The van der Waals surface area contributed by atoms with Crippen LogP contribution in [0.3, 0.4) is 0 Å². The van der Waals surface area contributed by atoms with Crippen molar-refractivity contribution in [1.29, 1.82) is 0 Å². The van der Waals surface area contributed by atoms with Gasteiger partial charge in [0, 0.05) is 32.3 Å². The number of ether oxygens (including phenoxy) is 2. The van der Waals surface area contributed by atoms with Gasteiger partial charge < -0.3 is 14.8 Å². The average Bonchev–Trinajstić information content (AvgIpc) is 3.20. The topological polar surface area (TPSA) is 65.4 Å². The molecule has 0 spiro atoms. The van der Waals surface area contributed by atoms with Crippen molar-refractivity contribution in [2.45, 2.75) is 83.6 Å². The Hall–Kier alpha value is -1.13. The molecule has 166 valence electrons. The van der Waals surface area contributed by atoms with Crippen LogP contribution in [0.2, 0.25) is 25.7 Å². The first-order chi connectivity index (χ1) is 14.1. The molecular weight excluding hydrogens is 509 g/mol. The van der Waals surface area contributed by atoms with Crippen LogP contribution < -0.4 is 5.32 Å². The van der Waals surface area contributed by atoms with Crippen LogP contribution in [0.5, 0.6) is 0 Å². The summed E-state index contributed by atoms with van der Waals surface area (Å²) in [5.41, 5.74) is 2.20. The third-order valence-electron chi connectivity index (χ3n) is 5.46. The van der Waals surface area contributed by atoms with E-state index >= 15 is 0 Å². The Morgan fingerprint density at radius 3 is 2.80 bits per heavy atom. The van der Waals surface area contributed by atoms with Crippen LogP contribution in [-0.2, 0) is 16.2 Å². The molecule has 1 saturated carbocycles. The predicted molar refractivity (Wildman–Crippen MR) is 132 cm³/mol. The summed E-state index contributed by atoms with van der Waals surface area (Å²) in [5, 5.41) is 3.95. The molecule has 0 saturated heterocycles. The molecule has 0 aliphatic heterocycles. The lowest BCUT2D eigenvalue weighted by Crippen LogP contribution is -2.33. The number of nitrogens with zero attached hydrogens (tertiary/aromatic N) is 2. The fraction of sp³-hybridized carbons (Fsp3) is 0.636. The smallest absolute Gasteiger partial charge is 0.407 e. The van der Waals surface area contributed by atoms with Crippen molar-refractivity contribution in [3.05, 3.63) is 27.6 Å². The number of aromatic nitrogens is 2. The zero-order valence-electron chi connectivity index (χ0n) is 18.7. The van der Waals surface area contributed by atoms with Crippen LogP contribution in [-0.4, -0.2) is 42.5 Å². The SMILES string of the molecule is CC(C)NC(=O)O[C@@H]1CC[C@H](c2cnc3c(c2)cc(I)n3COCC[Si](C)(C)C)C1. The van der Waals surface area contributed by atoms with E-state index in [1.807, 2.05) is 20.0 Å². The number of carbonyl (C=O) groups is 1. The summed E-state index contributed by atoms with van der Waals surface area (Å²) in [5.74, 6) is 0.382. The van der Waals surface area contributed by atoms with Gasteiger partial charge in [-0.2, -0.15) is 0 Å². The van der Waals surface area contributed by atoms with Crippen LogP contribution in [0.4, 0.5) is 4.79 Å². The van der Waals surface area contributed by atoms with Crippen molar-refractivity contribution in [2.24, 2.45) is 0 Å². The lowest BCUT2D eigenvalue weighted by Gasteiger charge is -2.16. The molecule has 3 rings (SSSR count). The number of amides is 1. The summed E-state index contributed by atoms with van der Waals surface area (Å²) in [7, 11) is -1.08. The van der Waals surface area contributed by atoms with E-state index in [9.17, 15) is 4.79 Å². The third kappa shape index (κ3) is 6.43. The van der Waals surface area contributed by atoms with Gasteiger partial charge in [0.05, 0.1) is 3.70 Å². The first-order valence-corrected chi connectivity index (χ1v) is 15.6. The molecule has 1 N–H and O–H groups in total. The number of nitrogens with one attached hydrogen (secondary N) is 1. The van der Waals surface area contributed by atoms with E-state index in [1.54, 1.807) is 0 Å². The van der Waals surface area contributed by atoms with Gasteiger partial charge in [-0.3, -0.25) is 4.57 Å². The lowest BCUT2D eigenvalue weighted by atomic mass is 9.99. The monoisotopic (exact) mass is 543 g/mol. The van der Waals surface area contributed by atoms with Crippen molar-refractivity contribution < 1.29 is 14.3 Å². The van der Waals surface area contributed by atoms with Gasteiger partial charge in [0.15, 0.2) is 0 Å². The summed E-state index contributed by atoms with van der Waals surface area (Å²) >= 11 is 2.35. The molecule has 0 aromatic carbocycles. The second kappa shape index (κ2) is 9.99. The van der Waals surface area contributed by atoms with E-state index < -0.39 is 8.07 Å². The highest BCUT2D eigenvalue weighted by molar-refractivity contribution is 14.1. The summed E-state index contributed by atoms with van der Waals surface area (Å²) in [6.07, 6.45) is 4.43. The molecule has 1 aliphatic carbocycles. The quantitative estimate of drug-likeness (QED) is 0.263. The van der Waals surface area contributed by atoms with Crippen LogP contribution in [0.1, 0.15) is 44.6 Å². The normalized spacial score (nSPS) is 19.6.